The molecule has 10 nitrogen and oxygen atoms in total. The van der Waals surface area contributed by atoms with Crippen molar-refractivity contribution in [2.75, 3.05) is 20.4 Å². The van der Waals surface area contributed by atoms with Crippen LogP contribution >= 0.6 is 11.8 Å². The fourth-order valence-corrected chi connectivity index (χ4v) is 7.27. The number of ketones is 2. The van der Waals surface area contributed by atoms with Gasteiger partial charge in [0.1, 0.15) is 22.8 Å². The maximum atomic E-state index is 14.1. The van der Waals surface area contributed by atoms with Crippen LogP contribution in [0.5, 0.6) is 5.75 Å². The lowest BCUT2D eigenvalue weighted by atomic mass is 9.54. The minimum atomic E-state index is -2.93. The minimum Gasteiger partial charge on any atom is -0.508 e. The number of fused-ring (bicyclic) bond motifs is 3. The van der Waals surface area contributed by atoms with Gasteiger partial charge < -0.3 is 31.3 Å². The Morgan fingerprint density at radius 3 is 2.26 bits per heavy atom. The largest absolute Gasteiger partial charge is 0.508 e. The summed E-state index contributed by atoms with van der Waals surface area (Å²) in [6.45, 7) is 7.44. The van der Waals surface area contributed by atoms with Crippen LogP contribution < -0.4 is 5.73 Å². The lowest BCUT2D eigenvalue weighted by Gasteiger charge is -2.54. The summed E-state index contributed by atoms with van der Waals surface area (Å²) < 4.78 is 0. The highest BCUT2D eigenvalue weighted by Gasteiger charge is 2.68. The molecule has 6 atom stereocenters. The first kappa shape index (κ1) is 29.1. The van der Waals surface area contributed by atoms with Gasteiger partial charge in [0.2, 0.25) is 5.78 Å². The van der Waals surface area contributed by atoms with Crippen molar-refractivity contribution in [3.05, 3.63) is 45.2 Å². The molecule has 0 radical (unpaired) electrons. The summed E-state index contributed by atoms with van der Waals surface area (Å²) in [7, 11) is 2.96. The van der Waals surface area contributed by atoms with Crippen molar-refractivity contribution in [2.24, 2.45) is 17.6 Å². The summed E-state index contributed by atoms with van der Waals surface area (Å²) in [6, 6.07) is 0.486. The van der Waals surface area contributed by atoms with Gasteiger partial charge in [-0.1, -0.05) is 33.8 Å². The number of phenolic OH excluding ortho intramolecular Hbond substituents is 1. The van der Waals surface area contributed by atoms with Gasteiger partial charge in [-0.05, 0) is 42.8 Å². The summed E-state index contributed by atoms with van der Waals surface area (Å²) in [6.07, 6.45) is 0.289. The number of hydrogen-bond acceptors (Lipinski definition) is 10. The zero-order valence-electron chi connectivity index (χ0n) is 23.1. The molecule has 0 bridgehead atoms. The van der Waals surface area contributed by atoms with Crippen LogP contribution in [-0.4, -0.2) is 86.0 Å². The van der Waals surface area contributed by atoms with Crippen LogP contribution in [0.3, 0.4) is 0 Å². The first-order valence-electron chi connectivity index (χ1n) is 12.6. The number of aliphatic hydroxyl groups excluding tert-OH is 3. The van der Waals surface area contributed by atoms with Crippen LogP contribution in [0.15, 0.2) is 23.0 Å². The highest BCUT2D eigenvalue weighted by Crippen LogP contribution is 2.57. The fraction of sp³-hybridized carbons (Fsp3) is 0.536. The Bertz CT molecular complexity index is 1360. The summed E-state index contributed by atoms with van der Waals surface area (Å²) in [5, 5.41) is 57.6. The Hall–Kier alpha value is -2.86. The molecule has 11 heteroatoms. The number of hydrogen-bond donors (Lipinski definition) is 6. The molecule has 0 spiro atoms. The average molecular weight is 561 g/mol. The van der Waals surface area contributed by atoms with Crippen LogP contribution in [0.2, 0.25) is 0 Å². The number of phenols is 1. The van der Waals surface area contributed by atoms with Gasteiger partial charge in [0, 0.05) is 22.8 Å². The molecule has 4 rings (SSSR count). The van der Waals surface area contributed by atoms with Crippen molar-refractivity contribution in [1.82, 2.24) is 4.90 Å². The van der Waals surface area contributed by atoms with Gasteiger partial charge >= 0.3 is 0 Å². The second-order valence-corrected chi connectivity index (χ2v) is 12.8. The molecule has 212 valence electrons. The van der Waals surface area contributed by atoms with Gasteiger partial charge in [-0.15, -0.1) is 0 Å². The predicted molar refractivity (Wildman–Crippen MR) is 146 cm³/mol. The van der Waals surface area contributed by atoms with E-state index >= 15 is 0 Å². The molecule has 1 saturated carbocycles. The van der Waals surface area contributed by atoms with E-state index in [4.69, 9.17) is 5.73 Å². The maximum Gasteiger partial charge on any atom is 0.255 e. The molecule has 3 aliphatic carbocycles. The monoisotopic (exact) mass is 560 g/mol. The second kappa shape index (κ2) is 9.36. The molecule has 0 unspecified atom stereocenters. The van der Waals surface area contributed by atoms with Crippen LogP contribution in [0.4, 0.5) is 0 Å². The van der Waals surface area contributed by atoms with E-state index in [1.807, 2.05) is 33.1 Å². The molecule has 39 heavy (non-hydrogen) atoms. The van der Waals surface area contributed by atoms with Crippen molar-refractivity contribution < 1.29 is 39.9 Å². The van der Waals surface area contributed by atoms with Crippen molar-refractivity contribution in [1.29, 1.82) is 0 Å². The van der Waals surface area contributed by atoms with Crippen LogP contribution in [0.1, 0.15) is 55.9 Å². The molecule has 7 N–H and O–H groups in total. The van der Waals surface area contributed by atoms with E-state index in [0.29, 0.717) is 16.9 Å². The number of nitrogens with zero attached hydrogens (tertiary/aromatic N) is 1. The number of Topliss-reactive ketones (excluding diaryl/α,β-unsaturated/α-hetero) is 2. The predicted octanol–water partition coefficient (Wildman–Crippen LogP) is 1.66. The third-order valence-electron chi connectivity index (χ3n) is 8.42. The van der Waals surface area contributed by atoms with E-state index < -0.39 is 75.5 Å². The summed E-state index contributed by atoms with van der Waals surface area (Å²) in [5.41, 5.74) is 2.51. The van der Waals surface area contributed by atoms with Crippen LogP contribution in [-0.2, 0) is 25.6 Å². The number of thioether (sulfide) groups is 1. The molecule has 1 amide bonds. The van der Waals surface area contributed by atoms with Crippen LogP contribution in [0.25, 0.3) is 5.76 Å². The van der Waals surface area contributed by atoms with Gasteiger partial charge in [-0.3, -0.25) is 19.3 Å². The lowest BCUT2D eigenvalue weighted by molar-refractivity contribution is -0.169. The van der Waals surface area contributed by atoms with E-state index in [1.54, 1.807) is 6.92 Å². The lowest BCUT2D eigenvalue weighted by Crippen LogP contribution is -2.70. The van der Waals surface area contributed by atoms with Crippen molar-refractivity contribution in [3.8, 4) is 5.75 Å². The molecule has 0 aliphatic heterocycles. The number of carbonyl (C=O) groups is 3. The molecule has 0 heterocycles. The van der Waals surface area contributed by atoms with E-state index in [9.17, 15) is 39.9 Å². The Morgan fingerprint density at radius 2 is 1.77 bits per heavy atom. The zero-order valence-corrected chi connectivity index (χ0v) is 23.9. The number of aliphatic hydroxyl groups is 4. The van der Waals surface area contributed by atoms with Crippen molar-refractivity contribution in [3.63, 3.8) is 0 Å². The molecular weight excluding hydrogens is 524 g/mol. The van der Waals surface area contributed by atoms with Crippen molar-refractivity contribution >= 4 is 35.0 Å². The quantitative estimate of drug-likeness (QED) is 0.296. The molecule has 1 fully saturated rings. The number of amides is 1. The number of rotatable bonds is 4. The smallest absolute Gasteiger partial charge is 0.255 e. The topological polar surface area (TPSA) is 182 Å². The van der Waals surface area contributed by atoms with Gasteiger partial charge in [0.05, 0.1) is 23.6 Å². The number of aromatic hydroxyl groups is 1. The Balaban J connectivity index is 2.11. The highest BCUT2D eigenvalue weighted by molar-refractivity contribution is 7.97. The number of benzene rings is 1. The molecule has 1 aromatic carbocycles. The number of primary amides is 1. The SMILES string of the molecule is CSCc1cc(C(C)(C)C)c(O)c2c1[C@H](C)[C@@H]1C(=C2O)C(=O)[C@]2(O)C(O)=C(C(N)=O)C(=O)[C@@H](N(C)C)[C@@H]2[C@H]1O. The first-order chi connectivity index (χ1) is 17.9. The Morgan fingerprint density at radius 1 is 1.18 bits per heavy atom. The number of likely N-dealkylation sites (N-methyl/N-ethyl adjacent to an activating group) is 1. The maximum absolute atomic E-state index is 14.1. The van der Waals surface area contributed by atoms with E-state index in [1.165, 1.54) is 30.8 Å². The second-order valence-electron chi connectivity index (χ2n) is 12.0. The fourth-order valence-electron chi connectivity index (χ4n) is 6.72. The normalized spacial score (nSPS) is 30.9. The summed E-state index contributed by atoms with van der Waals surface area (Å²) >= 11 is 1.53. The molecule has 3 aliphatic rings. The number of nitrogens with two attached hydrogens (primary N) is 1. The first-order valence-corrected chi connectivity index (χ1v) is 14.0. The standard InChI is InChI=1S/C28H36N2O8S/c1-10-13-11(9-39-7)8-12(27(2,3)4)20(31)15(13)21(32)16-14(10)22(33)18-19(30(5)6)23(34)17(26(29)37)25(36)28(18,38)24(16)35/h8,10,14,18-19,22,31-33,36,38H,9H2,1-7H3,(H2,29,37)/t10-,14+,18+,19-,22-,28-/m0/s1. The third kappa shape index (κ3) is 3.85. The number of carbonyl (C=O) groups excluding carboxylic acids is 3. The van der Waals surface area contributed by atoms with Gasteiger partial charge in [0.15, 0.2) is 11.4 Å². The molecular formula is C28H36N2O8S. The highest BCUT2D eigenvalue weighted by atomic mass is 32.2. The molecule has 0 aromatic heterocycles. The summed E-state index contributed by atoms with van der Waals surface area (Å²) in [5.74, 6) is -8.32. The minimum absolute atomic E-state index is 0.0301. The van der Waals surface area contributed by atoms with E-state index in [2.05, 4.69) is 0 Å². The third-order valence-corrected chi connectivity index (χ3v) is 9.02. The summed E-state index contributed by atoms with van der Waals surface area (Å²) in [4.78, 5) is 41.0. The average Bonchev–Trinajstić information content (AvgIpc) is 2.81. The Labute approximate surface area is 231 Å². The Kier molecular flexibility index (Phi) is 6.99. The zero-order chi connectivity index (χ0) is 29.5. The van der Waals surface area contributed by atoms with Crippen LogP contribution in [0, 0.1) is 11.8 Å². The molecule has 1 aromatic rings. The van der Waals surface area contributed by atoms with Gasteiger partial charge in [-0.2, -0.15) is 11.8 Å². The van der Waals surface area contributed by atoms with Gasteiger partial charge in [-0.25, -0.2) is 0 Å². The van der Waals surface area contributed by atoms with Crippen molar-refractivity contribution in [2.45, 2.75) is 62.5 Å². The van der Waals surface area contributed by atoms with E-state index in [-0.39, 0.29) is 16.9 Å². The van der Waals surface area contributed by atoms with E-state index in [0.717, 1.165) is 5.56 Å². The van der Waals surface area contributed by atoms with Gasteiger partial charge in [0.25, 0.3) is 5.91 Å². The molecule has 0 saturated heterocycles.